The molecule has 2 aromatic rings. The average molecular weight is 312 g/mol. The Morgan fingerprint density at radius 2 is 1.53 bits per heavy atom. The molecular formula is C17H14BrN. The van der Waals surface area contributed by atoms with Crippen molar-refractivity contribution in [1.82, 2.24) is 0 Å². The summed E-state index contributed by atoms with van der Waals surface area (Å²) in [6.45, 7) is 0. The minimum Gasteiger partial charge on any atom is -0.256 e. The van der Waals surface area contributed by atoms with Crippen molar-refractivity contribution in [3.63, 3.8) is 0 Å². The van der Waals surface area contributed by atoms with E-state index >= 15 is 0 Å². The Kier molecular flexibility index (Phi) is 5.32. The molecule has 0 saturated carbocycles. The highest BCUT2D eigenvalue weighted by Crippen LogP contribution is 2.15. The first-order valence-electron chi connectivity index (χ1n) is 6.02. The molecule has 0 heterocycles. The Labute approximate surface area is 122 Å². The molecule has 0 aliphatic rings. The standard InChI is InChI=1S/C17H14BrN/c18-13-7-12-17(16-10-5-2-6-11-16)19-14-15-8-3-1-4-9-15/h1-14H/b13-7+,17-12-,19-14?. The highest BCUT2D eigenvalue weighted by molar-refractivity contribution is 9.11. The number of aliphatic imine (C=N–C) groups is 1. The van der Waals surface area contributed by atoms with Crippen LogP contribution in [0.5, 0.6) is 0 Å². The molecule has 0 unspecified atom stereocenters. The van der Waals surface area contributed by atoms with Crippen molar-refractivity contribution < 1.29 is 0 Å². The Balaban J connectivity index is 2.28. The van der Waals surface area contributed by atoms with Gasteiger partial charge in [0, 0.05) is 11.8 Å². The lowest BCUT2D eigenvalue weighted by Crippen LogP contribution is -1.84. The Morgan fingerprint density at radius 1 is 0.895 bits per heavy atom. The van der Waals surface area contributed by atoms with Crippen LogP contribution in [0.15, 0.2) is 82.8 Å². The molecule has 94 valence electrons. The molecule has 0 saturated heterocycles. The summed E-state index contributed by atoms with van der Waals surface area (Å²) in [5, 5.41) is 0. The molecule has 1 nitrogen and oxygen atoms in total. The first-order valence-corrected chi connectivity index (χ1v) is 6.93. The second-order valence-electron chi connectivity index (χ2n) is 3.91. The fraction of sp³-hybridized carbons (Fsp3) is 0. The van der Waals surface area contributed by atoms with Crippen molar-refractivity contribution in [3.8, 4) is 0 Å². The van der Waals surface area contributed by atoms with Gasteiger partial charge in [-0.25, -0.2) is 0 Å². The summed E-state index contributed by atoms with van der Waals surface area (Å²) in [6.07, 6.45) is 5.77. The third kappa shape index (κ3) is 4.34. The van der Waals surface area contributed by atoms with Gasteiger partial charge in [-0.3, -0.25) is 4.99 Å². The van der Waals surface area contributed by atoms with E-state index in [-0.39, 0.29) is 0 Å². The minimum absolute atomic E-state index is 0.931. The third-order valence-electron chi connectivity index (χ3n) is 2.55. The van der Waals surface area contributed by atoms with Gasteiger partial charge >= 0.3 is 0 Å². The number of nitrogens with zero attached hydrogens (tertiary/aromatic N) is 1. The lowest BCUT2D eigenvalue weighted by atomic mass is 10.1. The van der Waals surface area contributed by atoms with Crippen molar-refractivity contribution in [2.45, 2.75) is 0 Å². The molecule has 19 heavy (non-hydrogen) atoms. The number of hydrogen-bond donors (Lipinski definition) is 0. The van der Waals surface area contributed by atoms with E-state index in [0.717, 1.165) is 16.8 Å². The Morgan fingerprint density at radius 3 is 2.16 bits per heavy atom. The van der Waals surface area contributed by atoms with Crippen LogP contribution in [0.1, 0.15) is 11.1 Å². The summed E-state index contributed by atoms with van der Waals surface area (Å²) in [4.78, 5) is 6.38. The van der Waals surface area contributed by atoms with E-state index in [1.54, 1.807) is 0 Å². The lowest BCUT2D eigenvalue weighted by Gasteiger charge is -2.00. The third-order valence-corrected chi connectivity index (χ3v) is 2.85. The summed E-state index contributed by atoms with van der Waals surface area (Å²) in [5.74, 6) is 0. The number of rotatable bonds is 4. The molecule has 0 bridgehead atoms. The minimum atomic E-state index is 0.931. The lowest BCUT2D eigenvalue weighted by molar-refractivity contribution is 1.50. The van der Waals surface area contributed by atoms with Gasteiger partial charge < -0.3 is 0 Å². The van der Waals surface area contributed by atoms with Gasteiger partial charge in [0.15, 0.2) is 0 Å². The van der Waals surface area contributed by atoms with E-state index < -0.39 is 0 Å². The largest absolute Gasteiger partial charge is 0.256 e. The summed E-state index contributed by atoms with van der Waals surface area (Å²) in [6, 6.07) is 20.2. The van der Waals surface area contributed by atoms with Gasteiger partial charge in [0.2, 0.25) is 0 Å². The van der Waals surface area contributed by atoms with Crippen LogP contribution in [0, 0.1) is 0 Å². The summed E-state index contributed by atoms with van der Waals surface area (Å²) >= 11 is 3.27. The van der Waals surface area contributed by atoms with Crippen molar-refractivity contribution in [2.24, 2.45) is 4.99 Å². The predicted molar refractivity (Wildman–Crippen MR) is 86.5 cm³/mol. The molecule has 0 amide bonds. The van der Waals surface area contributed by atoms with Crippen molar-refractivity contribution in [1.29, 1.82) is 0 Å². The highest BCUT2D eigenvalue weighted by Gasteiger charge is 1.96. The second-order valence-corrected chi connectivity index (χ2v) is 4.43. The first-order chi connectivity index (χ1) is 9.40. The van der Waals surface area contributed by atoms with Crippen LogP contribution in [0.4, 0.5) is 0 Å². The van der Waals surface area contributed by atoms with E-state index in [9.17, 15) is 0 Å². The fourth-order valence-corrected chi connectivity index (χ4v) is 1.79. The van der Waals surface area contributed by atoms with Gasteiger partial charge in [-0.05, 0) is 16.6 Å². The monoisotopic (exact) mass is 311 g/mol. The molecule has 2 aromatic carbocycles. The molecule has 0 spiro atoms. The summed E-state index contributed by atoms with van der Waals surface area (Å²) < 4.78 is 0. The van der Waals surface area contributed by atoms with Gasteiger partial charge in [0.05, 0.1) is 5.70 Å². The Hall–Kier alpha value is -1.93. The van der Waals surface area contributed by atoms with Crippen LogP contribution in [0.25, 0.3) is 5.70 Å². The molecule has 0 aromatic heterocycles. The van der Waals surface area contributed by atoms with Crippen LogP contribution < -0.4 is 0 Å². The maximum Gasteiger partial charge on any atom is 0.0702 e. The molecule has 0 aliphatic heterocycles. The van der Waals surface area contributed by atoms with Gasteiger partial charge in [0.25, 0.3) is 0 Å². The van der Waals surface area contributed by atoms with Crippen LogP contribution in [0.2, 0.25) is 0 Å². The Bertz CT molecular complexity index is 583. The van der Waals surface area contributed by atoms with Gasteiger partial charge in [-0.2, -0.15) is 0 Å². The molecular weight excluding hydrogens is 298 g/mol. The van der Waals surface area contributed by atoms with Crippen LogP contribution in [0.3, 0.4) is 0 Å². The zero-order valence-electron chi connectivity index (χ0n) is 10.4. The van der Waals surface area contributed by atoms with Crippen molar-refractivity contribution >= 4 is 27.8 Å². The van der Waals surface area contributed by atoms with Gasteiger partial charge in [0.1, 0.15) is 0 Å². The van der Waals surface area contributed by atoms with Gasteiger partial charge in [-0.1, -0.05) is 82.7 Å². The fourth-order valence-electron chi connectivity index (χ4n) is 1.63. The molecule has 0 aliphatic carbocycles. The highest BCUT2D eigenvalue weighted by atomic mass is 79.9. The molecule has 0 fully saturated rings. The molecule has 0 N–H and O–H groups in total. The molecule has 2 rings (SSSR count). The second kappa shape index (κ2) is 7.49. The first kappa shape index (κ1) is 13.5. The number of halogens is 1. The van der Waals surface area contributed by atoms with Crippen LogP contribution >= 0.6 is 15.9 Å². The number of hydrogen-bond acceptors (Lipinski definition) is 1. The normalized spacial score (nSPS) is 12.4. The molecule has 0 radical (unpaired) electrons. The van der Waals surface area contributed by atoms with Crippen molar-refractivity contribution in [3.05, 3.63) is 88.9 Å². The SMILES string of the molecule is Br/C=C/C=C(\N=Cc1ccccc1)c1ccccc1. The van der Waals surface area contributed by atoms with E-state index in [1.165, 1.54) is 0 Å². The van der Waals surface area contributed by atoms with Crippen LogP contribution in [-0.4, -0.2) is 6.21 Å². The number of benzene rings is 2. The van der Waals surface area contributed by atoms with E-state index in [0.29, 0.717) is 0 Å². The quantitative estimate of drug-likeness (QED) is 0.553. The van der Waals surface area contributed by atoms with Crippen molar-refractivity contribution in [2.75, 3.05) is 0 Å². The maximum absolute atomic E-state index is 4.57. The smallest absolute Gasteiger partial charge is 0.0702 e. The summed E-state index contributed by atoms with van der Waals surface area (Å²) in [5.41, 5.74) is 3.12. The van der Waals surface area contributed by atoms with E-state index in [4.69, 9.17) is 0 Å². The topological polar surface area (TPSA) is 12.4 Å². The average Bonchev–Trinajstić information content (AvgIpc) is 2.49. The zero-order chi connectivity index (χ0) is 13.3. The number of allylic oxidation sites excluding steroid dienone is 2. The maximum atomic E-state index is 4.57. The van der Waals surface area contributed by atoms with E-state index in [2.05, 4.69) is 33.1 Å². The predicted octanol–water partition coefficient (Wildman–Crippen LogP) is 5.06. The van der Waals surface area contributed by atoms with E-state index in [1.807, 2.05) is 71.9 Å². The molecule has 2 heteroatoms. The zero-order valence-corrected chi connectivity index (χ0v) is 12.0. The molecule has 0 atom stereocenters. The van der Waals surface area contributed by atoms with Gasteiger partial charge in [-0.15, -0.1) is 0 Å². The van der Waals surface area contributed by atoms with Crippen LogP contribution in [-0.2, 0) is 0 Å². The summed E-state index contributed by atoms with van der Waals surface area (Å²) in [7, 11) is 0.